The van der Waals surface area contributed by atoms with Crippen LogP contribution in [0.5, 0.6) is 0 Å². The van der Waals surface area contributed by atoms with E-state index in [9.17, 15) is 0 Å². The number of hydrogen-bond donors (Lipinski definition) is 2. The zero-order valence-corrected chi connectivity index (χ0v) is 9.73. The fourth-order valence-electron chi connectivity index (χ4n) is 1.18. The summed E-state index contributed by atoms with van der Waals surface area (Å²) in [7, 11) is 0. The summed E-state index contributed by atoms with van der Waals surface area (Å²) in [5, 5.41) is 3.33. The highest BCUT2D eigenvalue weighted by Gasteiger charge is 1.95. The van der Waals surface area contributed by atoms with Crippen LogP contribution in [0.2, 0.25) is 0 Å². The SMILES string of the molecule is C#CCSCCNc1ccc(N)c(C)c1. The number of terminal acetylenes is 1. The van der Waals surface area contributed by atoms with Gasteiger partial charge in [0.15, 0.2) is 0 Å². The fraction of sp³-hybridized carbons (Fsp3) is 0.333. The van der Waals surface area contributed by atoms with Gasteiger partial charge in [-0.05, 0) is 30.7 Å². The van der Waals surface area contributed by atoms with Gasteiger partial charge in [0.05, 0.1) is 5.75 Å². The van der Waals surface area contributed by atoms with Gasteiger partial charge in [-0.15, -0.1) is 18.2 Å². The number of anilines is 2. The Kier molecular flexibility index (Phi) is 4.92. The van der Waals surface area contributed by atoms with Crippen molar-refractivity contribution in [2.75, 3.05) is 29.1 Å². The van der Waals surface area contributed by atoms with Crippen LogP contribution < -0.4 is 11.1 Å². The molecule has 2 nitrogen and oxygen atoms in total. The van der Waals surface area contributed by atoms with Crippen molar-refractivity contribution in [1.82, 2.24) is 0 Å². The zero-order chi connectivity index (χ0) is 11.1. The molecule has 0 aliphatic carbocycles. The first kappa shape index (κ1) is 11.8. The number of aryl methyl sites for hydroxylation is 1. The molecule has 0 saturated carbocycles. The molecule has 1 rings (SSSR count). The normalized spacial score (nSPS) is 9.60. The van der Waals surface area contributed by atoms with E-state index in [0.29, 0.717) is 0 Å². The van der Waals surface area contributed by atoms with Gasteiger partial charge in [-0.3, -0.25) is 0 Å². The molecule has 0 radical (unpaired) electrons. The van der Waals surface area contributed by atoms with Crippen molar-refractivity contribution in [2.45, 2.75) is 6.92 Å². The lowest BCUT2D eigenvalue weighted by Gasteiger charge is -2.07. The summed E-state index contributed by atoms with van der Waals surface area (Å²) in [6.45, 7) is 2.93. The lowest BCUT2D eigenvalue weighted by atomic mass is 10.2. The number of nitrogens with one attached hydrogen (secondary N) is 1. The molecule has 15 heavy (non-hydrogen) atoms. The Labute approximate surface area is 95.6 Å². The van der Waals surface area contributed by atoms with Gasteiger partial charge in [0, 0.05) is 23.7 Å². The van der Waals surface area contributed by atoms with Gasteiger partial charge in [-0.1, -0.05) is 5.92 Å². The molecule has 0 aromatic heterocycles. The molecule has 3 N–H and O–H groups in total. The molecule has 1 aromatic rings. The van der Waals surface area contributed by atoms with E-state index in [0.717, 1.165) is 35.0 Å². The van der Waals surface area contributed by atoms with Crippen molar-refractivity contribution >= 4 is 23.1 Å². The average molecular weight is 220 g/mol. The van der Waals surface area contributed by atoms with Crippen molar-refractivity contribution in [1.29, 1.82) is 0 Å². The summed E-state index contributed by atoms with van der Waals surface area (Å²) in [5.41, 5.74) is 8.79. The van der Waals surface area contributed by atoms with Gasteiger partial charge in [0.2, 0.25) is 0 Å². The van der Waals surface area contributed by atoms with Crippen LogP contribution in [0.25, 0.3) is 0 Å². The van der Waals surface area contributed by atoms with Crippen LogP contribution in [0.1, 0.15) is 5.56 Å². The molecule has 0 spiro atoms. The predicted molar refractivity (Wildman–Crippen MR) is 70.2 cm³/mol. The number of nitrogens with two attached hydrogens (primary N) is 1. The van der Waals surface area contributed by atoms with Crippen molar-refractivity contribution in [3.8, 4) is 12.3 Å². The molecule has 0 amide bonds. The molecule has 0 aliphatic heterocycles. The highest BCUT2D eigenvalue weighted by atomic mass is 32.2. The molecule has 0 unspecified atom stereocenters. The zero-order valence-electron chi connectivity index (χ0n) is 8.92. The maximum absolute atomic E-state index is 5.73. The molecule has 1 aromatic carbocycles. The van der Waals surface area contributed by atoms with Crippen molar-refractivity contribution in [3.63, 3.8) is 0 Å². The minimum atomic E-state index is 0.780. The van der Waals surface area contributed by atoms with E-state index in [-0.39, 0.29) is 0 Å². The van der Waals surface area contributed by atoms with Gasteiger partial charge in [0.1, 0.15) is 0 Å². The Morgan fingerprint density at radius 3 is 3.00 bits per heavy atom. The van der Waals surface area contributed by atoms with Gasteiger partial charge in [-0.25, -0.2) is 0 Å². The van der Waals surface area contributed by atoms with E-state index in [2.05, 4.69) is 17.3 Å². The second kappa shape index (κ2) is 6.26. The monoisotopic (exact) mass is 220 g/mol. The Morgan fingerprint density at radius 1 is 1.53 bits per heavy atom. The van der Waals surface area contributed by atoms with Gasteiger partial charge in [-0.2, -0.15) is 0 Å². The van der Waals surface area contributed by atoms with Gasteiger partial charge in [0.25, 0.3) is 0 Å². The van der Waals surface area contributed by atoms with Crippen LogP contribution >= 0.6 is 11.8 Å². The lowest BCUT2D eigenvalue weighted by Crippen LogP contribution is -2.04. The third kappa shape index (κ3) is 4.18. The number of hydrogen-bond acceptors (Lipinski definition) is 3. The van der Waals surface area contributed by atoms with Crippen LogP contribution in [0.15, 0.2) is 18.2 Å². The first-order valence-electron chi connectivity index (χ1n) is 4.85. The topological polar surface area (TPSA) is 38.0 Å². The third-order valence-electron chi connectivity index (χ3n) is 2.03. The molecule has 0 bridgehead atoms. The molecule has 0 aliphatic rings. The standard InChI is InChI=1S/C12H16N2S/c1-3-7-15-8-6-14-11-4-5-12(13)10(2)9-11/h1,4-5,9,14H,6-8,13H2,2H3. The van der Waals surface area contributed by atoms with E-state index < -0.39 is 0 Å². The Morgan fingerprint density at radius 2 is 2.33 bits per heavy atom. The Bertz CT molecular complexity index is 355. The first-order valence-corrected chi connectivity index (χ1v) is 6.00. The molecule has 3 heteroatoms. The highest BCUT2D eigenvalue weighted by Crippen LogP contribution is 2.16. The Balaban J connectivity index is 2.32. The highest BCUT2D eigenvalue weighted by molar-refractivity contribution is 7.99. The Hall–Kier alpha value is -1.27. The van der Waals surface area contributed by atoms with Crippen LogP contribution in [0.3, 0.4) is 0 Å². The summed E-state index contributed by atoms with van der Waals surface area (Å²) in [4.78, 5) is 0. The van der Waals surface area contributed by atoms with Crippen LogP contribution in [0.4, 0.5) is 11.4 Å². The van der Waals surface area contributed by atoms with Crippen molar-refractivity contribution in [2.24, 2.45) is 0 Å². The predicted octanol–water partition coefficient (Wildman–Crippen LogP) is 2.36. The maximum Gasteiger partial charge on any atom is 0.0545 e. The second-order valence-corrected chi connectivity index (χ2v) is 4.36. The van der Waals surface area contributed by atoms with Crippen LogP contribution in [-0.4, -0.2) is 18.1 Å². The molecule has 0 saturated heterocycles. The van der Waals surface area contributed by atoms with E-state index in [1.54, 1.807) is 11.8 Å². The van der Waals surface area contributed by atoms with Gasteiger partial charge < -0.3 is 11.1 Å². The first-order chi connectivity index (χ1) is 7.24. The molecular formula is C12H16N2S. The van der Waals surface area contributed by atoms with E-state index in [1.165, 1.54) is 0 Å². The minimum absolute atomic E-state index is 0.780. The van der Waals surface area contributed by atoms with Crippen molar-refractivity contribution < 1.29 is 0 Å². The van der Waals surface area contributed by atoms with Crippen LogP contribution in [0, 0.1) is 19.3 Å². The van der Waals surface area contributed by atoms with Gasteiger partial charge >= 0.3 is 0 Å². The average Bonchev–Trinajstić information content (AvgIpc) is 2.23. The minimum Gasteiger partial charge on any atom is -0.399 e. The quantitative estimate of drug-likeness (QED) is 0.454. The summed E-state index contributed by atoms with van der Waals surface area (Å²) in [6.07, 6.45) is 5.15. The van der Waals surface area contributed by atoms with E-state index in [1.807, 2.05) is 19.1 Å². The lowest BCUT2D eigenvalue weighted by molar-refractivity contribution is 1.22. The summed E-state index contributed by atoms with van der Waals surface area (Å²) in [5.74, 6) is 4.40. The fourth-order valence-corrected chi connectivity index (χ4v) is 1.69. The molecule has 0 heterocycles. The van der Waals surface area contributed by atoms with E-state index >= 15 is 0 Å². The smallest absolute Gasteiger partial charge is 0.0545 e. The summed E-state index contributed by atoms with van der Waals surface area (Å²) < 4.78 is 0. The second-order valence-electron chi connectivity index (χ2n) is 3.25. The molecule has 0 fully saturated rings. The third-order valence-corrected chi connectivity index (χ3v) is 2.89. The van der Waals surface area contributed by atoms with Crippen LogP contribution in [-0.2, 0) is 0 Å². The molecule has 0 atom stereocenters. The number of rotatable bonds is 5. The summed E-state index contributed by atoms with van der Waals surface area (Å²) in [6, 6.07) is 5.97. The largest absolute Gasteiger partial charge is 0.399 e. The molecular weight excluding hydrogens is 204 g/mol. The number of nitrogen functional groups attached to an aromatic ring is 1. The van der Waals surface area contributed by atoms with Crippen molar-refractivity contribution in [3.05, 3.63) is 23.8 Å². The number of benzene rings is 1. The van der Waals surface area contributed by atoms with E-state index in [4.69, 9.17) is 12.2 Å². The molecule has 80 valence electrons. The maximum atomic E-state index is 5.73. The number of thioether (sulfide) groups is 1. The summed E-state index contributed by atoms with van der Waals surface area (Å²) >= 11 is 1.76.